The molecule has 1 saturated heterocycles. The number of likely N-dealkylation sites (tertiary alicyclic amines) is 1. The zero-order chi connectivity index (χ0) is 19.8. The SMILES string of the molecule is O=C(CC[C@@H]1CCCN(C(=O)Nc2ccc(F)cc2)C1)NCc1ccccc1. The van der Waals surface area contributed by atoms with Crippen LogP contribution in [0.4, 0.5) is 14.9 Å². The van der Waals surface area contributed by atoms with Gasteiger partial charge >= 0.3 is 6.03 Å². The molecule has 1 heterocycles. The van der Waals surface area contributed by atoms with E-state index in [4.69, 9.17) is 0 Å². The Hall–Kier alpha value is -2.89. The van der Waals surface area contributed by atoms with Crippen LogP contribution in [0.15, 0.2) is 54.6 Å². The van der Waals surface area contributed by atoms with E-state index in [1.54, 1.807) is 17.0 Å². The molecular weight excluding hydrogens is 357 g/mol. The van der Waals surface area contributed by atoms with E-state index < -0.39 is 0 Å². The summed E-state index contributed by atoms with van der Waals surface area (Å²) >= 11 is 0. The van der Waals surface area contributed by atoms with Gasteiger partial charge in [-0.25, -0.2) is 9.18 Å². The number of carbonyl (C=O) groups is 2. The van der Waals surface area contributed by atoms with Crippen molar-refractivity contribution in [3.63, 3.8) is 0 Å². The topological polar surface area (TPSA) is 61.4 Å². The summed E-state index contributed by atoms with van der Waals surface area (Å²) in [7, 11) is 0. The van der Waals surface area contributed by atoms with Crippen LogP contribution in [-0.4, -0.2) is 29.9 Å². The number of nitrogens with zero attached hydrogens (tertiary/aromatic N) is 1. The number of carbonyl (C=O) groups excluding carboxylic acids is 2. The molecule has 6 heteroatoms. The molecule has 0 spiro atoms. The Morgan fingerprint density at radius 3 is 2.57 bits per heavy atom. The van der Waals surface area contributed by atoms with Crippen molar-refractivity contribution in [3.8, 4) is 0 Å². The molecule has 5 nitrogen and oxygen atoms in total. The number of hydrogen-bond donors (Lipinski definition) is 2. The molecule has 1 aliphatic heterocycles. The van der Waals surface area contributed by atoms with E-state index in [1.165, 1.54) is 12.1 Å². The molecule has 0 aromatic heterocycles. The van der Waals surface area contributed by atoms with Crippen molar-refractivity contribution in [2.75, 3.05) is 18.4 Å². The number of nitrogens with one attached hydrogen (secondary N) is 2. The van der Waals surface area contributed by atoms with Crippen LogP contribution in [0.1, 0.15) is 31.2 Å². The molecule has 1 aliphatic rings. The first-order valence-electron chi connectivity index (χ1n) is 9.72. The van der Waals surface area contributed by atoms with E-state index in [9.17, 15) is 14.0 Å². The fourth-order valence-electron chi connectivity index (χ4n) is 3.44. The van der Waals surface area contributed by atoms with E-state index in [0.717, 1.165) is 24.8 Å². The van der Waals surface area contributed by atoms with Crippen LogP contribution in [0.3, 0.4) is 0 Å². The number of benzene rings is 2. The molecule has 2 N–H and O–H groups in total. The van der Waals surface area contributed by atoms with Gasteiger partial charge in [0.05, 0.1) is 0 Å². The van der Waals surface area contributed by atoms with Crippen LogP contribution >= 0.6 is 0 Å². The van der Waals surface area contributed by atoms with Gasteiger partial charge in [0, 0.05) is 31.7 Å². The lowest BCUT2D eigenvalue weighted by molar-refractivity contribution is -0.121. The number of urea groups is 1. The van der Waals surface area contributed by atoms with E-state index in [0.29, 0.717) is 37.7 Å². The summed E-state index contributed by atoms with van der Waals surface area (Å²) in [4.78, 5) is 26.3. The first-order chi connectivity index (χ1) is 13.6. The third-order valence-electron chi connectivity index (χ3n) is 5.01. The Bertz CT molecular complexity index is 780. The van der Waals surface area contributed by atoms with E-state index >= 15 is 0 Å². The van der Waals surface area contributed by atoms with Crippen molar-refractivity contribution < 1.29 is 14.0 Å². The van der Waals surface area contributed by atoms with Crippen molar-refractivity contribution >= 4 is 17.6 Å². The summed E-state index contributed by atoms with van der Waals surface area (Å²) < 4.78 is 13.0. The van der Waals surface area contributed by atoms with Crippen molar-refractivity contribution in [1.29, 1.82) is 0 Å². The van der Waals surface area contributed by atoms with E-state index in [2.05, 4.69) is 10.6 Å². The highest BCUT2D eigenvalue weighted by molar-refractivity contribution is 5.89. The molecule has 1 fully saturated rings. The molecule has 0 radical (unpaired) electrons. The number of hydrogen-bond acceptors (Lipinski definition) is 2. The summed E-state index contributed by atoms with van der Waals surface area (Å²) in [5.74, 6) is 0.0218. The zero-order valence-electron chi connectivity index (χ0n) is 15.9. The van der Waals surface area contributed by atoms with Crippen molar-refractivity contribution in [3.05, 3.63) is 66.0 Å². The second kappa shape index (κ2) is 9.88. The monoisotopic (exact) mass is 383 g/mol. The molecule has 1 atom stereocenters. The quantitative estimate of drug-likeness (QED) is 0.787. The number of halogens is 1. The number of rotatable bonds is 6. The maximum absolute atomic E-state index is 13.0. The van der Waals surface area contributed by atoms with Crippen LogP contribution in [-0.2, 0) is 11.3 Å². The predicted molar refractivity (Wildman–Crippen MR) is 107 cm³/mol. The van der Waals surface area contributed by atoms with Gasteiger partial charge in [-0.1, -0.05) is 30.3 Å². The fraction of sp³-hybridized carbons (Fsp3) is 0.364. The Morgan fingerprint density at radius 1 is 1.07 bits per heavy atom. The maximum Gasteiger partial charge on any atom is 0.321 e. The third-order valence-corrected chi connectivity index (χ3v) is 5.01. The van der Waals surface area contributed by atoms with Crippen LogP contribution in [0, 0.1) is 11.7 Å². The lowest BCUT2D eigenvalue weighted by Crippen LogP contribution is -2.42. The van der Waals surface area contributed by atoms with E-state index in [-0.39, 0.29) is 17.8 Å². The number of anilines is 1. The lowest BCUT2D eigenvalue weighted by Gasteiger charge is -2.32. The second-order valence-electron chi connectivity index (χ2n) is 7.19. The van der Waals surface area contributed by atoms with E-state index in [1.807, 2.05) is 30.3 Å². The highest BCUT2D eigenvalue weighted by Gasteiger charge is 2.24. The van der Waals surface area contributed by atoms with Gasteiger partial charge in [-0.2, -0.15) is 0 Å². The van der Waals surface area contributed by atoms with Gasteiger partial charge in [0.2, 0.25) is 5.91 Å². The van der Waals surface area contributed by atoms with Crippen LogP contribution in [0.25, 0.3) is 0 Å². The highest BCUT2D eigenvalue weighted by atomic mass is 19.1. The maximum atomic E-state index is 13.0. The number of amides is 3. The van der Waals surface area contributed by atoms with Gasteiger partial charge in [0.1, 0.15) is 5.82 Å². The first kappa shape index (κ1) is 19.9. The lowest BCUT2D eigenvalue weighted by atomic mass is 9.93. The van der Waals surface area contributed by atoms with Crippen LogP contribution < -0.4 is 10.6 Å². The molecule has 28 heavy (non-hydrogen) atoms. The zero-order valence-corrected chi connectivity index (χ0v) is 15.9. The Balaban J connectivity index is 1.41. The van der Waals surface area contributed by atoms with Crippen LogP contribution in [0.5, 0.6) is 0 Å². The molecular formula is C22H26FN3O2. The van der Waals surface area contributed by atoms with Crippen molar-refractivity contribution in [2.24, 2.45) is 5.92 Å². The summed E-state index contributed by atoms with van der Waals surface area (Å²) in [6, 6.07) is 15.4. The van der Waals surface area contributed by atoms with Crippen LogP contribution in [0.2, 0.25) is 0 Å². The van der Waals surface area contributed by atoms with Gasteiger partial charge in [0.25, 0.3) is 0 Å². The predicted octanol–water partition coefficient (Wildman–Crippen LogP) is 4.17. The molecule has 0 bridgehead atoms. The third kappa shape index (κ3) is 6.08. The summed E-state index contributed by atoms with van der Waals surface area (Å²) in [5.41, 5.74) is 1.66. The van der Waals surface area contributed by atoms with Gasteiger partial charge in [-0.15, -0.1) is 0 Å². The molecule has 3 rings (SSSR count). The van der Waals surface area contributed by atoms with Gasteiger partial charge in [-0.05, 0) is 55.0 Å². The minimum Gasteiger partial charge on any atom is -0.352 e. The average Bonchev–Trinajstić information content (AvgIpc) is 2.73. The Morgan fingerprint density at radius 2 is 1.82 bits per heavy atom. The average molecular weight is 383 g/mol. The molecule has 148 valence electrons. The first-order valence-corrected chi connectivity index (χ1v) is 9.72. The minimum absolute atomic E-state index is 0.0386. The van der Waals surface area contributed by atoms with Gasteiger partial charge < -0.3 is 15.5 Å². The molecule has 3 amide bonds. The second-order valence-corrected chi connectivity index (χ2v) is 7.19. The molecule has 0 unspecified atom stereocenters. The highest BCUT2D eigenvalue weighted by Crippen LogP contribution is 2.22. The van der Waals surface area contributed by atoms with Gasteiger partial charge in [0.15, 0.2) is 0 Å². The Kier molecular flexibility index (Phi) is 7.00. The van der Waals surface area contributed by atoms with Crippen molar-refractivity contribution in [1.82, 2.24) is 10.2 Å². The molecule has 0 saturated carbocycles. The fourth-order valence-corrected chi connectivity index (χ4v) is 3.44. The number of piperidine rings is 1. The minimum atomic E-state index is -0.332. The summed E-state index contributed by atoms with van der Waals surface area (Å²) in [5, 5.41) is 5.75. The van der Waals surface area contributed by atoms with Crippen molar-refractivity contribution in [2.45, 2.75) is 32.2 Å². The van der Waals surface area contributed by atoms with Gasteiger partial charge in [-0.3, -0.25) is 4.79 Å². The Labute approximate surface area is 164 Å². The largest absolute Gasteiger partial charge is 0.352 e. The molecule has 2 aromatic rings. The normalized spacial score (nSPS) is 16.5. The standard InChI is InChI=1S/C22H26FN3O2/c23-19-9-11-20(12-10-19)25-22(28)26-14-4-7-18(16-26)8-13-21(27)24-15-17-5-2-1-3-6-17/h1-3,5-6,9-12,18H,4,7-8,13-16H2,(H,24,27)(H,25,28)/t18-/m0/s1. The molecule has 0 aliphatic carbocycles. The molecule has 2 aromatic carbocycles. The smallest absolute Gasteiger partial charge is 0.321 e. The summed E-state index contributed by atoms with van der Waals surface area (Å²) in [6.07, 6.45) is 3.17. The summed E-state index contributed by atoms with van der Waals surface area (Å²) in [6.45, 7) is 1.87.